The lowest BCUT2D eigenvalue weighted by Crippen LogP contribution is -2.47. The first-order valence-corrected chi connectivity index (χ1v) is 7.08. The van der Waals surface area contributed by atoms with Crippen LogP contribution < -0.4 is 5.32 Å². The Kier molecular flexibility index (Phi) is 5.14. The second-order valence-electron chi connectivity index (χ2n) is 4.54. The molecule has 1 N–H and O–H groups in total. The number of hydrogen-bond acceptors (Lipinski definition) is 2. The molecule has 0 aromatic heterocycles. The molecule has 0 spiro atoms. The fourth-order valence-electron chi connectivity index (χ4n) is 2.03. The number of benzene rings is 1. The zero-order valence-corrected chi connectivity index (χ0v) is 12.5. The van der Waals surface area contributed by atoms with Crippen molar-refractivity contribution in [1.82, 2.24) is 10.2 Å². The molecule has 1 saturated heterocycles. The summed E-state index contributed by atoms with van der Waals surface area (Å²) in [7, 11) is 0. The van der Waals surface area contributed by atoms with E-state index >= 15 is 0 Å². The fourth-order valence-corrected chi connectivity index (χ4v) is 2.17. The van der Waals surface area contributed by atoms with Crippen molar-refractivity contribution >= 4 is 22.0 Å². The number of rotatable bonds is 3. The van der Waals surface area contributed by atoms with Crippen molar-refractivity contribution in [2.45, 2.75) is 6.10 Å². The van der Waals surface area contributed by atoms with Crippen LogP contribution in [0.2, 0.25) is 0 Å². The maximum Gasteiger partial charge on any atom is 0.317 e. The van der Waals surface area contributed by atoms with Gasteiger partial charge in [0.25, 0.3) is 0 Å². The van der Waals surface area contributed by atoms with E-state index in [9.17, 15) is 9.18 Å². The summed E-state index contributed by atoms with van der Waals surface area (Å²) in [5.41, 5.74) is 0.743. The number of morpholine rings is 1. The van der Waals surface area contributed by atoms with E-state index < -0.39 is 0 Å². The Balaban J connectivity index is 1.98. The van der Waals surface area contributed by atoms with Gasteiger partial charge < -0.3 is 15.0 Å². The minimum atomic E-state index is -0.303. The number of nitrogens with one attached hydrogen (secondary N) is 1. The Morgan fingerprint density at radius 1 is 1.60 bits per heavy atom. The van der Waals surface area contributed by atoms with Crippen molar-refractivity contribution in [3.63, 3.8) is 0 Å². The van der Waals surface area contributed by atoms with Crippen LogP contribution in [0.15, 0.2) is 35.3 Å². The third-order valence-electron chi connectivity index (χ3n) is 3.01. The van der Waals surface area contributed by atoms with Gasteiger partial charge in [-0.2, -0.15) is 0 Å². The summed E-state index contributed by atoms with van der Waals surface area (Å²) in [4.78, 5) is 13.6. The van der Waals surface area contributed by atoms with Crippen LogP contribution in [-0.2, 0) is 4.74 Å². The molecule has 0 radical (unpaired) electrons. The van der Waals surface area contributed by atoms with Crippen molar-refractivity contribution in [1.29, 1.82) is 0 Å². The molecule has 0 bridgehead atoms. The molecule has 1 unspecified atom stereocenters. The monoisotopic (exact) mass is 342 g/mol. The third kappa shape index (κ3) is 4.05. The summed E-state index contributed by atoms with van der Waals surface area (Å²) in [6.45, 7) is 5.40. The van der Waals surface area contributed by atoms with Crippen LogP contribution in [0.4, 0.5) is 9.18 Å². The van der Waals surface area contributed by atoms with Crippen molar-refractivity contribution in [2.24, 2.45) is 0 Å². The standard InChI is InChI=1S/C14H16BrFN2O2/c1-10(15)8-17-14(19)18-5-6-20-13(9-18)11-3-2-4-12(16)7-11/h2-4,7,13H,1,5-6,8-9H2,(H,17,19). The van der Waals surface area contributed by atoms with Gasteiger partial charge in [-0.3, -0.25) is 0 Å². The summed E-state index contributed by atoms with van der Waals surface area (Å²) in [5.74, 6) is -0.303. The van der Waals surface area contributed by atoms with Crippen LogP contribution in [0, 0.1) is 5.82 Å². The van der Waals surface area contributed by atoms with Gasteiger partial charge in [0.15, 0.2) is 0 Å². The van der Waals surface area contributed by atoms with Crippen LogP contribution in [0.25, 0.3) is 0 Å². The maximum atomic E-state index is 13.2. The van der Waals surface area contributed by atoms with Crippen molar-refractivity contribution in [2.75, 3.05) is 26.2 Å². The highest BCUT2D eigenvalue weighted by Gasteiger charge is 2.25. The van der Waals surface area contributed by atoms with Crippen molar-refractivity contribution < 1.29 is 13.9 Å². The Morgan fingerprint density at radius 3 is 3.10 bits per heavy atom. The third-order valence-corrected chi connectivity index (χ3v) is 3.29. The molecule has 4 nitrogen and oxygen atoms in total. The number of ether oxygens (including phenoxy) is 1. The molecule has 0 saturated carbocycles. The van der Waals surface area contributed by atoms with Gasteiger partial charge in [-0.15, -0.1) is 0 Å². The Bertz CT molecular complexity index is 510. The summed E-state index contributed by atoms with van der Waals surface area (Å²) in [6.07, 6.45) is -0.294. The average Bonchev–Trinajstić information content (AvgIpc) is 2.45. The highest BCUT2D eigenvalue weighted by atomic mass is 79.9. The minimum Gasteiger partial charge on any atom is -0.370 e. The summed E-state index contributed by atoms with van der Waals surface area (Å²) < 4.78 is 19.5. The summed E-state index contributed by atoms with van der Waals surface area (Å²) >= 11 is 3.19. The van der Waals surface area contributed by atoms with Gasteiger partial charge in [0.1, 0.15) is 11.9 Å². The lowest BCUT2D eigenvalue weighted by atomic mass is 10.1. The van der Waals surface area contributed by atoms with Crippen LogP contribution in [-0.4, -0.2) is 37.2 Å². The van der Waals surface area contributed by atoms with Crippen LogP contribution in [0.5, 0.6) is 0 Å². The summed E-state index contributed by atoms with van der Waals surface area (Å²) in [5, 5.41) is 2.75. The van der Waals surface area contributed by atoms with Crippen LogP contribution in [0.1, 0.15) is 11.7 Å². The topological polar surface area (TPSA) is 41.6 Å². The van der Waals surface area contributed by atoms with Gasteiger partial charge in [-0.05, 0) is 17.7 Å². The van der Waals surface area contributed by atoms with E-state index in [4.69, 9.17) is 4.74 Å². The fraction of sp³-hybridized carbons (Fsp3) is 0.357. The van der Waals surface area contributed by atoms with Gasteiger partial charge in [0, 0.05) is 11.0 Å². The van der Waals surface area contributed by atoms with Gasteiger partial charge >= 0.3 is 6.03 Å². The normalized spacial score (nSPS) is 18.7. The SMILES string of the molecule is C=C(Br)CNC(=O)N1CCOC(c2cccc(F)c2)C1. The van der Waals surface area contributed by atoms with Gasteiger partial charge in [0.2, 0.25) is 0 Å². The van der Waals surface area contributed by atoms with Gasteiger partial charge in [-0.25, -0.2) is 9.18 Å². The molecular formula is C14H16BrFN2O2. The molecule has 2 amide bonds. The first-order valence-electron chi connectivity index (χ1n) is 6.29. The van der Waals surface area contributed by atoms with E-state index in [1.165, 1.54) is 12.1 Å². The smallest absolute Gasteiger partial charge is 0.317 e. The molecule has 6 heteroatoms. The molecule has 1 aromatic carbocycles. The number of carbonyl (C=O) groups excluding carboxylic acids is 1. The molecule has 108 valence electrons. The predicted octanol–water partition coefficient (Wildman–Crippen LogP) is 2.82. The highest BCUT2D eigenvalue weighted by Crippen LogP contribution is 2.22. The average molecular weight is 343 g/mol. The van der Waals surface area contributed by atoms with Gasteiger partial charge in [0.05, 0.1) is 19.7 Å². The number of carbonyl (C=O) groups is 1. The van der Waals surface area contributed by atoms with E-state index in [2.05, 4.69) is 27.8 Å². The zero-order chi connectivity index (χ0) is 14.5. The number of halogens is 2. The Morgan fingerprint density at radius 2 is 2.40 bits per heavy atom. The quantitative estimate of drug-likeness (QED) is 0.917. The van der Waals surface area contributed by atoms with Crippen molar-refractivity contribution in [3.05, 3.63) is 46.7 Å². The zero-order valence-electron chi connectivity index (χ0n) is 10.9. The Labute approximate surface area is 125 Å². The number of urea groups is 1. The molecule has 1 aromatic rings. The first kappa shape index (κ1) is 15.0. The first-order chi connectivity index (χ1) is 9.56. The number of nitrogens with zero attached hydrogens (tertiary/aromatic N) is 1. The highest BCUT2D eigenvalue weighted by molar-refractivity contribution is 9.11. The largest absolute Gasteiger partial charge is 0.370 e. The lowest BCUT2D eigenvalue weighted by molar-refractivity contribution is -0.0154. The molecule has 1 aliphatic heterocycles. The van der Waals surface area contributed by atoms with E-state index in [0.717, 1.165) is 5.56 Å². The molecule has 0 aliphatic carbocycles. The van der Waals surface area contributed by atoms with Crippen LogP contribution >= 0.6 is 15.9 Å². The van der Waals surface area contributed by atoms with Crippen LogP contribution in [0.3, 0.4) is 0 Å². The molecule has 20 heavy (non-hydrogen) atoms. The maximum absolute atomic E-state index is 13.2. The molecule has 2 rings (SSSR count). The Hall–Kier alpha value is -1.40. The molecule has 1 fully saturated rings. The minimum absolute atomic E-state index is 0.171. The van der Waals surface area contributed by atoms with E-state index in [-0.39, 0.29) is 18.0 Å². The molecule has 1 atom stereocenters. The number of hydrogen-bond donors (Lipinski definition) is 1. The molecular weight excluding hydrogens is 327 g/mol. The van der Waals surface area contributed by atoms with E-state index in [1.54, 1.807) is 17.0 Å². The summed E-state index contributed by atoms with van der Waals surface area (Å²) in [6, 6.07) is 6.10. The second kappa shape index (κ2) is 6.85. The second-order valence-corrected chi connectivity index (χ2v) is 5.66. The molecule has 1 aliphatic rings. The van der Waals surface area contributed by atoms with E-state index in [0.29, 0.717) is 30.7 Å². The van der Waals surface area contributed by atoms with Crippen molar-refractivity contribution in [3.8, 4) is 0 Å². The van der Waals surface area contributed by atoms with E-state index in [1.807, 2.05) is 0 Å². The number of amides is 2. The molecule has 1 heterocycles. The lowest BCUT2D eigenvalue weighted by Gasteiger charge is -2.33. The predicted molar refractivity (Wildman–Crippen MR) is 78.1 cm³/mol. The van der Waals surface area contributed by atoms with Gasteiger partial charge in [-0.1, -0.05) is 34.6 Å².